The molecule has 5 rings (SSSR count). The quantitative estimate of drug-likeness (QED) is 0.455. The number of nitrogens with zero attached hydrogens (tertiary/aromatic N) is 4. The summed E-state index contributed by atoms with van der Waals surface area (Å²) in [4.78, 5) is 2.57. The van der Waals surface area contributed by atoms with Crippen LogP contribution in [-0.4, -0.2) is 41.1 Å². The van der Waals surface area contributed by atoms with E-state index in [1.165, 1.54) is 35.7 Å². The Hall–Kier alpha value is -2.76. The van der Waals surface area contributed by atoms with E-state index in [2.05, 4.69) is 62.2 Å². The molecule has 1 aromatic carbocycles. The third kappa shape index (κ3) is 3.53. The van der Waals surface area contributed by atoms with Gasteiger partial charge in [-0.2, -0.15) is 5.10 Å². The van der Waals surface area contributed by atoms with Crippen LogP contribution < -0.4 is 14.4 Å². The van der Waals surface area contributed by atoms with Crippen molar-refractivity contribution in [3.63, 3.8) is 0 Å². The van der Waals surface area contributed by atoms with E-state index < -0.39 is 0 Å². The van der Waals surface area contributed by atoms with Gasteiger partial charge in [0.1, 0.15) is 11.5 Å². The fraction of sp³-hybridized carbons (Fsp3) is 0.571. The standard InChI is InChI=1S/C28H38N4O2/c1-9-34-21-10-11-22(23(12-21)33-8)32-18(3)24-17(2)29-30-26(25(24)19(32)4)31-16-28(7)14-20(31)13-27(5,6)15-28/h10-12,20H,9,13-16H2,1-8H3/t20-,28-/m1/s1. The Balaban J connectivity index is 1.69. The lowest BCUT2D eigenvalue weighted by atomic mass is 9.65. The monoisotopic (exact) mass is 462 g/mol. The molecule has 2 fully saturated rings. The lowest BCUT2D eigenvalue weighted by molar-refractivity contribution is 0.136. The molecule has 0 unspecified atom stereocenters. The van der Waals surface area contributed by atoms with E-state index in [0.717, 1.165) is 40.9 Å². The predicted octanol–water partition coefficient (Wildman–Crippen LogP) is 6.16. The van der Waals surface area contributed by atoms with Gasteiger partial charge in [0.05, 0.1) is 25.1 Å². The van der Waals surface area contributed by atoms with Gasteiger partial charge in [0.25, 0.3) is 0 Å². The summed E-state index contributed by atoms with van der Waals surface area (Å²) in [5, 5.41) is 11.9. The second-order valence-corrected chi connectivity index (χ2v) is 11.5. The summed E-state index contributed by atoms with van der Waals surface area (Å²) in [6.07, 6.45) is 3.70. The Kier molecular flexibility index (Phi) is 5.34. The van der Waals surface area contributed by atoms with E-state index in [9.17, 15) is 0 Å². The molecule has 2 bridgehead atoms. The van der Waals surface area contributed by atoms with Gasteiger partial charge in [-0.1, -0.05) is 20.8 Å². The lowest BCUT2D eigenvalue weighted by Crippen LogP contribution is -2.35. The van der Waals surface area contributed by atoms with Crippen LogP contribution in [0.15, 0.2) is 18.2 Å². The predicted molar refractivity (Wildman–Crippen MR) is 138 cm³/mol. The second kappa shape index (κ2) is 7.89. The highest BCUT2D eigenvalue weighted by Gasteiger charge is 2.50. The van der Waals surface area contributed by atoms with Crippen LogP contribution in [0.5, 0.6) is 11.5 Å². The molecular formula is C28H38N4O2. The highest BCUT2D eigenvalue weighted by molar-refractivity contribution is 5.99. The van der Waals surface area contributed by atoms with E-state index in [4.69, 9.17) is 14.6 Å². The van der Waals surface area contributed by atoms with E-state index in [-0.39, 0.29) is 0 Å². The Morgan fingerprint density at radius 1 is 1.03 bits per heavy atom. The van der Waals surface area contributed by atoms with Crippen LogP contribution >= 0.6 is 0 Å². The van der Waals surface area contributed by atoms with Crippen LogP contribution in [0.25, 0.3) is 16.5 Å². The molecule has 2 atom stereocenters. The van der Waals surface area contributed by atoms with Gasteiger partial charge in [-0.15, -0.1) is 5.10 Å². The van der Waals surface area contributed by atoms with E-state index in [1.807, 2.05) is 19.1 Å². The molecule has 6 heteroatoms. The van der Waals surface area contributed by atoms with Gasteiger partial charge in [0, 0.05) is 40.8 Å². The molecule has 0 radical (unpaired) electrons. The number of aryl methyl sites for hydroxylation is 3. The first-order valence-electron chi connectivity index (χ1n) is 12.5. The Labute approximate surface area is 203 Å². The molecule has 1 aliphatic carbocycles. The van der Waals surface area contributed by atoms with Gasteiger partial charge in [-0.05, 0) is 69.9 Å². The van der Waals surface area contributed by atoms with Crippen LogP contribution in [0, 0.1) is 31.6 Å². The van der Waals surface area contributed by atoms with Crippen LogP contribution in [0.3, 0.4) is 0 Å². The molecule has 1 saturated heterocycles. The number of methoxy groups -OCH3 is 1. The minimum Gasteiger partial charge on any atom is -0.494 e. The lowest BCUT2D eigenvalue weighted by Gasteiger charge is -2.39. The van der Waals surface area contributed by atoms with Gasteiger partial charge >= 0.3 is 0 Å². The molecule has 182 valence electrons. The number of hydrogen-bond donors (Lipinski definition) is 0. The Bertz CT molecular complexity index is 1260. The third-order valence-corrected chi connectivity index (χ3v) is 7.91. The summed E-state index contributed by atoms with van der Waals surface area (Å²) < 4.78 is 13.8. The summed E-state index contributed by atoms with van der Waals surface area (Å²) >= 11 is 0. The SMILES string of the molecule is CCOc1ccc(-n2c(C)c3c(C)nnc(N4C[C@]5(C)C[C@H]4CC(C)(C)C5)c3c2C)c(OC)c1. The van der Waals surface area contributed by atoms with Crippen molar-refractivity contribution in [2.45, 2.75) is 73.8 Å². The van der Waals surface area contributed by atoms with Gasteiger partial charge < -0.3 is 18.9 Å². The molecular weight excluding hydrogens is 424 g/mol. The highest BCUT2D eigenvalue weighted by Crippen LogP contribution is 2.54. The minimum absolute atomic E-state index is 0.329. The molecule has 1 saturated carbocycles. The first-order valence-corrected chi connectivity index (χ1v) is 12.5. The molecule has 0 N–H and O–H groups in total. The number of rotatable bonds is 5. The van der Waals surface area contributed by atoms with Gasteiger partial charge in [-0.3, -0.25) is 0 Å². The zero-order chi connectivity index (χ0) is 24.4. The molecule has 1 aliphatic heterocycles. The normalized spacial score (nSPS) is 23.5. The maximum atomic E-state index is 5.80. The smallest absolute Gasteiger partial charge is 0.161 e. The topological polar surface area (TPSA) is 52.4 Å². The number of aromatic nitrogens is 3. The summed E-state index contributed by atoms with van der Waals surface area (Å²) in [7, 11) is 1.72. The van der Waals surface area contributed by atoms with Crippen molar-refractivity contribution in [3.8, 4) is 17.2 Å². The molecule has 2 aliphatic rings. The number of fused-ring (bicyclic) bond motifs is 3. The summed E-state index contributed by atoms with van der Waals surface area (Å²) in [5.74, 6) is 2.65. The molecule has 3 heterocycles. The second-order valence-electron chi connectivity index (χ2n) is 11.5. The van der Waals surface area contributed by atoms with Crippen molar-refractivity contribution in [2.75, 3.05) is 25.2 Å². The van der Waals surface area contributed by atoms with E-state index >= 15 is 0 Å². The molecule has 6 nitrogen and oxygen atoms in total. The van der Waals surface area contributed by atoms with Crippen LogP contribution in [0.2, 0.25) is 0 Å². The van der Waals surface area contributed by atoms with Crippen LogP contribution in [-0.2, 0) is 0 Å². The summed E-state index contributed by atoms with van der Waals surface area (Å²) in [6, 6.07) is 6.59. The number of ether oxygens (including phenoxy) is 2. The van der Waals surface area contributed by atoms with Crippen molar-refractivity contribution in [1.82, 2.24) is 14.8 Å². The number of hydrogen-bond acceptors (Lipinski definition) is 5. The Morgan fingerprint density at radius 3 is 2.47 bits per heavy atom. The summed E-state index contributed by atoms with van der Waals surface area (Å²) in [6.45, 7) is 17.4. The van der Waals surface area contributed by atoms with Crippen molar-refractivity contribution in [2.24, 2.45) is 10.8 Å². The zero-order valence-corrected chi connectivity index (χ0v) is 22.0. The highest BCUT2D eigenvalue weighted by atomic mass is 16.5. The van der Waals surface area contributed by atoms with Crippen LogP contribution in [0.4, 0.5) is 5.82 Å². The van der Waals surface area contributed by atoms with E-state index in [0.29, 0.717) is 23.5 Å². The Morgan fingerprint density at radius 2 is 1.76 bits per heavy atom. The largest absolute Gasteiger partial charge is 0.494 e. The van der Waals surface area contributed by atoms with Crippen LogP contribution in [0.1, 0.15) is 64.0 Å². The average Bonchev–Trinajstić information content (AvgIpc) is 3.17. The number of anilines is 1. The first-order chi connectivity index (χ1) is 16.1. The van der Waals surface area contributed by atoms with Gasteiger partial charge in [0.15, 0.2) is 5.82 Å². The van der Waals surface area contributed by atoms with Crippen molar-refractivity contribution >= 4 is 16.6 Å². The average molecular weight is 463 g/mol. The molecule has 3 aromatic rings. The maximum Gasteiger partial charge on any atom is 0.161 e. The fourth-order valence-electron chi connectivity index (χ4n) is 7.14. The van der Waals surface area contributed by atoms with Crippen molar-refractivity contribution in [3.05, 3.63) is 35.3 Å². The maximum absolute atomic E-state index is 5.80. The zero-order valence-electron chi connectivity index (χ0n) is 22.0. The molecule has 0 spiro atoms. The molecule has 34 heavy (non-hydrogen) atoms. The first kappa shape index (κ1) is 23.0. The van der Waals surface area contributed by atoms with Gasteiger partial charge in [-0.25, -0.2) is 0 Å². The third-order valence-electron chi connectivity index (χ3n) is 7.91. The summed E-state index contributed by atoms with van der Waals surface area (Å²) in [5.41, 5.74) is 5.00. The van der Waals surface area contributed by atoms with Gasteiger partial charge in [0.2, 0.25) is 0 Å². The molecule has 2 aromatic heterocycles. The number of benzene rings is 1. The van der Waals surface area contributed by atoms with Crippen molar-refractivity contribution < 1.29 is 9.47 Å². The van der Waals surface area contributed by atoms with Crippen molar-refractivity contribution in [1.29, 1.82) is 0 Å². The molecule has 0 amide bonds. The van der Waals surface area contributed by atoms with E-state index in [1.54, 1.807) is 7.11 Å². The minimum atomic E-state index is 0.329. The fourth-order valence-corrected chi connectivity index (χ4v) is 7.14.